The van der Waals surface area contributed by atoms with Crippen molar-refractivity contribution in [2.24, 2.45) is 7.05 Å². The molecule has 1 aromatic carbocycles. The lowest BCUT2D eigenvalue weighted by atomic mass is 10.1. The number of amides is 1. The van der Waals surface area contributed by atoms with E-state index in [2.05, 4.69) is 17.4 Å². The molecule has 1 saturated carbocycles. The van der Waals surface area contributed by atoms with E-state index in [1.165, 1.54) is 5.56 Å². The highest BCUT2D eigenvalue weighted by molar-refractivity contribution is 6.31. The topological polar surface area (TPSA) is 34.0 Å². The van der Waals surface area contributed by atoms with Crippen LogP contribution in [0.4, 0.5) is 0 Å². The number of nitrogens with zero attached hydrogens (tertiary/aromatic N) is 1. The lowest BCUT2D eigenvalue weighted by molar-refractivity contribution is 0.0942. The molecule has 1 fully saturated rings. The molecule has 98 valence electrons. The smallest absolute Gasteiger partial charge is 0.268 e. The van der Waals surface area contributed by atoms with Crippen molar-refractivity contribution in [3.8, 4) is 0 Å². The fraction of sp³-hybridized carbons (Fsp3) is 0.267. The Bertz CT molecular complexity index is 606. The van der Waals surface area contributed by atoms with E-state index in [1.54, 1.807) is 16.8 Å². The molecule has 1 heterocycles. The zero-order valence-electron chi connectivity index (χ0n) is 10.6. The molecule has 0 bridgehead atoms. The molecule has 0 aliphatic heterocycles. The van der Waals surface area contributed by atoms with Gasteiger partial charge in [0.2, 0.25) is 0 Å². The molecule has 1 aliphatic carbocycles. The Kier molecular flexibility index (Phi) is 3.07. The quantitative estimate of drug-likeness (QED) is 0.917. The summed E-state index contributed by atoms with van der Waals surface area (Å²) in [4.78, 5) is 12.1. The van der Waals surface area contributed by atoms with Gasteiger partial charge in [-0.2, -0.15) is 0 Å². The second-order valence-corrected chi connectivity index (χ2v) is 5.42. The molecule has 0 radical (unpaired) electrons. The highest BCUT2D eigenvalue weighted by Gasteiger charge is 2.39. The Labute approximate surface area is 117 Å². The minimum Gasteiger partial charge on any atom is -0.347 e. The fourth-order valence-electron chi connectivity index (χ4n) is 2.42. The predicted octanol–water partition coefficient (Wildman–Crippen LogP) is 2.96. The van der Waals surface area contributed by atoms with Gasteiger partial charge in [-0.05, 0) is 18.1 Å². The van der Waals surface area contributed by atoms with Crippen LogP contribution >= 0.6 is 11.6 Å². The second-order valence-electron chi connectivity index (χ2n) is 4.99. The predicted molar refractivity (Wildman–Crippen MR) is 75.5 cm³/mol. The van der Waals surface area contributed by atoms with Crippen molar-refractivity contribution in [3.05, 3.63) is 58.9 Å². The van der Waals surface area contributed by atoms with Gasteiger partial charge in [-0.25, -0.2) is 0 Å². The van der Waals surface area contributed by atoms with Crippen molar-refractivity contribution in [2.75, 3.05) is 0 Å². The Hall–Kier alpha value is -1.74. The Morgan fingerprint density at radius 2 is 2.11 bits per heavy atom. The molecule has 1 N–H and O–H groups in total. The maximum atomic E-state index is 12.1. The zero-order valence-corrected chi connectivity index (χ0v) is 11.4. The number of hydrogen-bond acceptors (Lipinski definition) is 1. The number of hydrogen-bond donors (Lipinski definition) is 1. The number of aromatic nitrogens is 1. The minimum atomic E-state index is -0.0576. The van der Waals surface area contributed by atoms with Crippen LogP contribution in [-0.2, 0) is 7.05 Å². The van der Waals surface area contributed by atoms with Gasteiger partial charge in [-0.15, -0.1) is 0 Å². The van der Waals surface area contributed by atoms with Crippen LogP contribution in [0.1, 0.15) is 28.4 Å². The Morgan fingerprint density at radius 1 is 1.37 bits per heavy atom. The molecule has 3 rings (SSSR count). The molecule has 3 nitrogen and oxygen atoms in total. The van der Waals surface area contributed by atoms with Crippen molar-refractivity contribution in [2.45, 2.75) is 18.4 Å². The van der Waals surface area contributed by atoms with Crippen LogP contribution < -0.4 is 5.32 Å². The molecule has 4 heteroatoms. The largest absolute Gasteiger partial charge is 0.347 e. The molecule has 2 aromatic rings. The lowest BCUT2D eigenvalue weighted by Gasteiger charge is -2.05. The number of aryl methyl sites for hydroxylation is 1. The molecule has 2 atom stereocenters. The van der Waals surface area contributed by atoms with Crippen LogP contribution in [0.3, 0.4) is 0 Å². The second kappa shape index (κ2) is 4.74. The third-order valence-electron chi connectivity index (χ3n) is 3.54. The van der Waals surface area contributed by atoms with E-state index in [0.29, 0.717) is 16.6 Å². The lowest BCUT2D eigenvalue weighted by Crippen LogP contribution is -2.28. The Morgan fingerprint density at radius 3 is 2.74 bits per heavy atom. The molecule has 0 unspecified atom stereocenters. The van der Waals surface area contributed by atoms with Gasteiger partial charge in [0, 0.05) is 25.2 Å². The van der Waals surface area contributed by atoms with E-state index in [4.69, 9.17) is 11.6 Å². The van der Waals surface area contributed by atoms with Gasteiger partial charge in [0.1, 0.15) is 5.69 Å². The first kappa shape index (κ1) is 12.3. The van der Waals surface area contributed by atoms with E-state index < -0.39 is 0 Å². The van der Waals surface area contributed by atoms with Gasteiger partial charge >= 0.3 is 0 Å². The zero-order chi connectivity index (χ0) is 13.4. The number of halogens is 1. The number of rotatable bonds is 3. The molecule has 1 aliphatic rings. The summed E-state index contributed by atoms with van der Waals surface area (Å²) < 4.78 is 1.75. The SMILES string of the molecule is Cn1cc(Cl)cc1C(=O)N[C@@H]1C[C@H]1c1ccccc1. The van der Waals surface area contributed by atoms with E-state index in [9.17, 15) is 4.79 Å². The molecule has 19 heavy (non-hydrogen) atoms. The first-order valence-electron chi connectivity index (χ1n) is 6.33. The van der Waals surface area contributed by atoms with Crippen LogP contribution in [0.25, 0.3) is 0 Å². The normalized spacial score (nSPS) is 21.2. The average Bonchev–Trinajstić information content (AvgIpc) is 3.07. The van der Waals surface area contributed by atoms with E-state index in [0.717, 1.165) is 6.42 Å². The van der Waals surface area contributed by atoms with Crippen molar-refractivity contribution < 1.29 is 4.79 Å². The molecular weight excluding hydrogens is 260 g/mol. The van der Waals surface area contributed by atoms with Gasteiger partial charge in [-0.3, -0.25) is 4.79 Å². The van der Waals surface area contributed by atoms with Crippen LogP contribution in [0.5, 0.6) is 0 Å². The van der Waals surface area contributed by atoms with Gasteiger partial charge in [-0.1, -0.05) is 41.9 Å². The number of benzene rings is 1. The molecular formula is C15H15ClN2O. The maximum absolute atomic E-state index is 12.1. The minimum absolute atomic E-state index is 0.0576. The third-order valence-corrected chi connectivity index (χ3v) is 3.75. The summed E-state index contributed by atoms with van der Waals surface area (Å²) >= 11 is 5.89. The summed E-state index contributed by atoms with van der Waals surface area (Å²) in [5, 5.41) is 3.64. The highest BCUT2D eigenvalue weighted by atomic mass is 35.5. The third kappa shape index (κ3) is 2.51. The van der Waals surface area contributed by atoms with Crippen molar-refractivity contribution in [3.63, 3.8) is 0 Å². The first-order valence-corrected chi connectivity index (χ1v) is 6.70. The van der Waals surface area contributed by atoms with Crippen LogP contribution in [-0.4, -0.2) is 16.5 Å². The van der Waals surface area contributed by atoms with Crippen molar-refractivity contribution >= 4 is 17.5 Å². The van der Waals surface area contributed by atoms with Gasteiger partial charge in [0.15, 0.2) is 0 Å². The van der Waals surface area contributed by atoms with Crippen LogP contribution in [0, 0.1) is 0 Å². The van der Waals surface area contributed by atoms with Gasteiger partial charge in [0.05, 0.1) is 5.02 Å². The average molecular weight is 275 g/mol. The fourth-order valence-corrected chi connectivity index (χ4v) is 2.67. The van der Waals surface area contributed by atoms with Crippen LogP contribution in [0.2, 0.25) is 5.02 Å². The molecule has 1 amide bonds. The monoisotopic (exact) mass is 274 g/mol. The number of nitrogens with one attached hydrogen (secondary N) is 1. The summed E-state index contributed by atoms with van der Waals surface area (Å²) in [6.45, 7) is 0. The summed E-state index contributed by atoms with van der Waals surface area (Å²) in [6, 6.07) is 12.2. The first-order chi connectivity index (χ1) is 9.15. The number of carbonyl (C=O) groups is 1. The standard InChI is InChI=1S/C15H15ClN2O/c1-18-9-11(16)7-14(18)15(19)17-13-8-12(13)10-5-3-2-4-6-10/h2-7,9,12-13H,8H2,1H3,(H,17,19)/t12-,13+/m0/s1. The molecule has 0 spiro atoms. The van der Waals surface area contributed by atoms with E-state index in [1.807, 2.05) is 25.2 Å². The van der Waals surface area contributed by atoms with Gasteiger partial charge in [0.25, 0.3) is 5.91 Å². The highest BCUT2D eigenvalue weighted by Crippen LogP contribution is 2.40. The van der Waals surface area contributed by atoms with E-state index >= 15 is 0 Å². The molecule has 0 saturated heterocycles. The summed E-state index contributed by atoms with van der Waals surface area (Å²) in [5.41, 5.74) is 1.89. The summed E-state index contributed by atoms with van der Waals surface area (Å²) in [7, 11) is 1.82. The summed E-state index contributed by atoms with van der Waals surface area (Å²) in [5.74, 6) is 0.388. The van der Waals surface area contributed by atoms with Crippen LogP contribution in [0.15, 0.2) is 42.6 Å². The van der Waals surface area contributed by atoms with Gasteiger partial charge < -0.3 is 9.88 Å². The van der Waals surface area contributed by atoms with Crippen molar-refractivity contribution in [1.82, 2.24) is 9.88 Å². The summed E-state index contributed by atoms with van der Waals surface area (Å²) in [6.07, 6.45) is 2.74. The van der Waals surface area contributed by atoms with Crippen molar-refractivity contribution in [1.29, 1.82) is 0 Å². The Balaban J connectivity index is 1.65. The number of carbonyl (C=O) groups excluding carboxylic acids is 1. The maximum Gasteiger partial charge on any atom is 0.268 e. The molecule has 1 aromatic heterocycles. The van der Waals surface area contributed by atoms with E-state index in [-0.39, 0.29) is 11.9 Å².